The molecule has 0 aliphatic heterocycles. The summed E-state index contributed by atoms with van der Waals surface area (Å²) < 4.78 is 0. The molecule has 0 fully saturated rings. The van der Waals surface area contributed by atoms with Gasteiger partial charge in [-0.3, -0.25) is 0 Å². The van der Waals surface area contributed by atoms with Gasteiger partial charge in [-0.1, -0.05) is 0 Å². The molecular weight excluding hydrogens is 211 g/mol. The van der Waals surface area contributed by atoms with Crippen molar-refractivity contribution in [3.63, 3.8) is 0 Å². The molecule has 1 nitrogen and oxygen atoms in total. The van der Waals surface area contributed by atoms with Crippen LogP contribution in [-0.4, -0.2) is 22.0 Å². The predicted molar refractivity (Wildman–Crippen MR) is 54.4 cm³/mol. The Morgan fingerprint density at radius 3 is 2.33 bits per heavy atom. The Morgan fingerprint density at radius 1 is 1.08 bits per heavy atom. The van der Waals surface area contributed by atoms with Crippen LogP contribution in [0, 0.1) is 0 Å². The number of aryl methyl sites for hydroxylation is 1. The molecule has 66 valence electrons. The second-order valence-electron chi connectivity index (χ2n) is 2.91. The van der Waals surface area contributed by atoms with E-state index in [9.17, 15) is 0 Å². The molecule has 12 heavy (non-hydrogen) atoms. The Hall–Kier alpha value is -0.422. The van der Waals surface area contributed by atoms with Gasteiger partial charge >= 0.3 is 82.0 Å². The van der Waals surface area contributed by atoms with Crippen molar-refractivity contribution in [3.05, 3.63) is 29.8 Å². The molecule has 0 heterocycles. The van der Waals surface area contributed by atoms with Crippen LogP contribution in [0.15, 0.2) is 24.3 Å². The van der Waals surface area contributed by atoms with E-state index in [4.69, 9.17) is 5.11 Å². The summed E-state index contributed by atoms with van der Waals surface area (Å²) in [6.07, 6.45) is 3.73. The maximum atomic E-state index is 9.03. The van der Waals surface area contributed by atoms with Crippen LogP contribution in [0.2, 0.25) is 5.21 Å². The molecule has 1 aromatic carbocycles. The third-order valence-corrected chi connectivity index (χ3v) is 2.71. The summed E-state index contributed by atoms with van der Waals surface area (Å²) in [5.74, 6) is 0.359. The molecule has 0 aliphatic rings. The molecule has 0 saturated heterocycles. The Balaban J connectivity index is 2.37. The van der Waals surface area contributed by atoms with Gasteiger partial charge in [0.15, 0.2) is 0 Å². The van der Waals surface area contributed by atoms with Gasteiger partial charge in [-0.2, -0.15) is 0 Å². The van der Waals surface area contributed by atoms with E-state index in [1.807, 2.05) is 29.0 Å². The van der Waals surface area contributed by atoms with E-state index < -0.39 is 0 Å². The minimum atomic E-state index is 0.359. The molecule has 2 heteroatoms. The van der Waals surface area contributed by atoms with Crippen LogP contribution in [0.1, 0.15) is 18.4 Å². The van der Waals surface area contributed by atoms with Crippen molar-refractivity contribution in [2.45, 2.75) is 24.5 Å². The standard InChI is InChI=1S/C10H15AsO/c11-8-2-1-3-9-4-6-10(12)7-5-9/h4-7,12H,1-3,8,11H2. The van der Waals surface area contributed by atoms with Crippen molar-refractivity contribution < 1.29 is 5.11 Å². The molecule has 0 aliphatic carbocycles. The zero-order valence-electron chi connectivity index (χ0n) is 7.16. The molecule has 1 aromatic rings. The van der Waals surface area contributed by atoms with E-state index in [1.54, 1.807) is 12.1 Å². The summed E-state index contributed by atoms with van der Waals surface area (Å²) >= 11 is 1.81. The quantitative estimate of drug-likeness (QED) is 0.612. The molecule has 1 rings (SSSR count). The third kappa shape index (κ3) is 3.32. The van der Waals surface area contributed by atoms with Crippen LogP contribution in [0.25, 0.3) is 0 Å². The topological polar surface area (TPSA) is 20.2 Å². The van der Waals surface area contributed by atoms with Crippen molar-refractivity contribution >= 4 is 16.9 Å². The van der Waals surface area contributed by atoms with Gasteiger partial charge in [-0.25, -0.2) is 0 Å². The van der Waals surface area contributed by atoms with Gasteiger partial charge in [0.25, 0.3) is 0 Å². The van der Waals surface area contributed by atoms with Gasteiger partial charge in [0.2, 0.25) is 0 Å². The number of phenols is 1. The molecule has 1 unspecified atom stereocenters. The predicted octanol–water partition coefficient (Wildman–Crippen LogP) is 1.77. The van der Waals surface area contributed by atoms with Crippen molar-refractivity contribution in [3.8, 4) is 5.75 Å². The van der Waals surface area contributed by atoms with E-state index >= 15 is 0 Å². The normalized spacial score (nSPS) is 10.1. The van der Waals surface area contributed by atoms with E-state index in [0.29, 0.717) is 5.75 Å². The summed E-state index contributed by atoms with van der Waals surface area (Å²) in [6, 6.07) is 7.50. The molecular formula is C10H15AsO. The minimum absolute atomic E-state index is 0.359. The molecule has 0 amide bonds. The zero-order chi connectivity index (χ0) is 8.81. The van der Waals surface area contributed by atoms with Gasteiger partial charge in [0.1, 0.15) is 0 Å². The van der Waals surface area contributed by atoms with Crippen LogP contribution in [0.5, 0.6) is 5.75 Å². The van der Waals surface area contributed by atoms with E-state index in [2.05, 4.69) is 0 Å². The van der Waals surface area contributed by atoms with Crippen LogP contribution >= 0.6 is 0 Å². The first kappa shape index (κ1) is 9.66. The maximum absolute atomic E-state index is 9.03. The summed E-state index contributed by atoms with van der Waals surface area (Å²) in [7, 11) is 0. The number of hydrogen-bond acceptors (Lipinski definition) is 1. The van der Waals surface area contributed by atoms with E-state index in [-0.39, 0.29) is 0 Å². The van der Waals surface area contributed by atoms with Crippen LogP contribution in [-0.2, 0) is 6.42 Å². The summed E-state index contributed by atoms with van der Waals surface area (Å²) in [5, 5.41) is 10.4. The third-order valence-electron chi connectivity index (χ3n) is 1.86. The summed E-state index contributed by atoms with van der Waals surface area (Å²) in [6.45, 7) is 0. The van der Waals surface area contributed by atoms with Crippen molar-refractivity contribution in [1.82, 2.24) is 0 Å². The number of unbranched alkanes of at least 4 members (excludes halogenated alkanes) is 1. The second-order valence-corrected chi connectivity index (χ2v) is 4.12. The first-order valence-corrected chi connectivity index (χ1v) is 6.02. The number of phenolic OH excluding ortho intramolecular Hbond substituents is 1. The number of aromatic hydroxyl groups is 1. The Kier molecular flexibility index (Phi) is 4.24. The van der Waals surface area contributed by atoms with Crippen LogP contribution in [0.3, 0.4) is 0 Å². The fraction of sp³-hybridized carbons (Fsp3) is 0.400. The Labute approximate surface area is 82.3 Å². The van der Waals surface area contributed by atoms with Crippen LogP contribution in [0.4, 0.5) is 0 Å². The van der Waals surface area contributed by atoms with Crippen molar-refractivity contribution in [2.24, 2.45) is 0 Å². The molecule has 0 radical (unpaired) electrons. The van der Waals surface area contributed by atoms with Crippen molar-refractivity contribution in [1.29, 1.82) is 0 Å². The first-order chi connectivity index (χ1) is 5.83. The first-order valence-electron chi connectivity index (χ1n) is 4.31. The summed E-state index contributed by atoms with van der Waals surface area (Å²) in [5.41, 5.74) is 1.33. The fourth-order valence-electron chi connectivity index (χ4n) is 1.14. The van der Waals surface area contributed by atoms with E-state index in [0.717, 1.165) is 6.42 Å². The SMILES string of the molecule is Oc1ccc(CCCC[AsH2])cc1. The Morgan fingerprint density at radius 2 is 1.75 bits per heavy atom. The second kappa shape index (κ2) is 5.26. The van der Waals surface area contributed by atoms with Gasteiger partial charge in [0, 0.05) is 0 Å². The molecule has 0 bridgehead atoms. The molecule has 0 aromatic heterocycles. The van der Waals surface area contributed by atoms with Crippen molar-refractivity contribution in [2.75, 3.05) is 0 Å². The molecule has 0 saturated carbocycles. The number of rotatable bonds is 4. The zero-order valence-corrected chi connectivity index (χ0v) is 9.59. The number of hydrogen-bond donors (Lipinski definition) is 1. The summed E-state index contributed by atoms with van der Waals surface area (Å²) in [4.78, 5) is 0. The van der Waals surface area contributed by atoms with Gasteiger partial charge < -0.3 is 0 Å². The van der Waals surface area contributed by atoms with Crippen LogP contribution < -0.4 is 0 Å². The molecule has 0 spiro atoms. The average molecular weight is 226 g/mol. The van der Waals surface area contributed by atoms with Gasteiger partial charge in [0.05, 0.1) is 0 Å². The fourth-order valence-corrected chi connectivity index (χ4v) is 1.74. The van der Waals surface area contributed by atoms with Gasteiger partial charge in [-0.05, 0) is 0 Å². The monoisotopic (exact) mass is 226 g/mol. The average Bonchev–Trinajstić information content (AvgIpc) is 2.09. The Bertz CT molecular complexity index is 218. The molecule has 1 N–H and O–H groups in total. The molecule has 1 atom stereocenters. The van der Waals surface area contributed by atoms with E-state index in [1.165, 1.54) is 23.6 Å². The number of benzene rings is 1. The van der Waals surface area contributed by atoms with Gasteiger partial charge in [-0.15, -0.1) is 0 Å².